The largest absolute Gasteiger partial charge is 0.372 e. The molecule has 0 fully saturated rings. The summed E-state index contributed by atoms with van der Waals surface area (Å²) in [6, 6.07) is 7.47. The number of hydrogen-bond donors (Lipinski definition) is 1. The fourth-order valence-electron chi connectivity index (χ4n) is 1.28. The number of nitrogens with one attached hydrogen (secondary N) is 1. The van der Waals surface area contributed by atoms with E-state index in [9.17, 15) is 0 Å². The maximum absolute atomic E-state index is 5.83. The second kappa shape index (κ2) is 4.97. The lowest BCUT2D eigenvalue weighted by Crippen LogP contribution is -1.99. The number of rotatable bonds is 2. The molecule has 3 nitrogen and oxygen atoms in total. The summed E-state index contributed by atoms with van der Waals surface area (Å²) in [5.41, 5.74) is 0.956. The Balaban J connectivity index is 2.44. The number of hydrogen-bond acceptors (Lipinski definition) is 3. The van der Waals surface area contributed by atoms with E-state index in [2.05, 4.69) is 37.9 Å². The van der Waals surface area contributed by atoms with E-state index in [0.717, 1.165) is 15.0 Å². The first-order valence-electron chi connectivity index (χ1n) is 4.67. The van der Waals surface area contributed by atoms with Crippen molar-refractivity contribution >= 4 is 40.0 Å². The van der Waals surface area contributed by atoms with Crippen LogP contribution in [-0.2, 0) is 0 Å². The molecular weight excluding hydrogens is 336 g/mol. The minimum Gasteiger partial charge on any atom is -0.372 e. The van der Waals surface area contributed by atoms with Crippen molar-refractivity contribution in [3.63, 3.8) is 0 Å². The molecule has 0 saturated carbocycles. The quantitative estimate of drug-likeness (QED) is 0.847. The SMILES string of the molecule is CNc1nc(-c2ccc(Cl)cc2)ncc1I. The smallest absolute Gasteiger partial charge is 0.161 e. The molecule has 2 rings (SSSR count). The molecule has 2 aromatic rings. The van der Waals surface area contributed by atoms with Crippen LogP contribution in [0.4, 0.5) is 5.82 Å². The predicted octanol–water partition coefficient (Wildman–Crippen LogP) is 3.44. The Kier molecular flexibility index (Phi) is 3.60. The molecule has 0 unspecified atom stereocenters. The Morgan fingerprint density at radius 3 is 2.56 bits per heavy atom. The lowest BCUT2D eigenvalue weighted by atomic mass is 10.2. The van der Waals surface area contributed by atoms with E-state index in [4.69, 9.17) is 11.6 Å². The van der Waals surface area contributed by atoms with Crippen molar-refractivity contribution in [2.45, 2.75) is 0 Å². The number of aromatic nitrogens is 2. The van der Waals surface area contributed by atoms with Crippen LogP contribution in [0.5, 0.6) is 0 Å². The summed E-state index contributed by atoms with van der Waals surface area (Å²) < 4.78 is 0.998. The molecule has 0 radical (unpaired) electrons. The van der Waals surface area contributed by atoms with Crippen molar-refractivity contribution in [3.8, 4) is 11.4 Å². The molecule has 1 N–H and O–H groups in total. The molecular formula is C11H9ClIN3. The summed E-state index contributed by atoms with van der Waals surface area (Å²) in [5.74, 6) is 1.53. The molecule has 0 aliphatic carbocycles. The van der Waals surface area contributed by atoms with Crippen molar-refractivity contribution in [2.75, 3.05) is 12.4 Å². The van der Waals surface area contributed by atoms with Gasteiger partial charge in [0.05, 0.1) is 3.57 Å². The zero-order valence-electron chi connectivity index (χ0n) is 8.54. The van der Waals surface area contributed by atoms with Crippen molar-refractivity contribution in [1.29, 1.82) is 0 Å². The van der Waals surface area contributed by atoms with Crippen molar-refractivity contribution < 1.29 is 0 Å². The van der Waals surface area contributed by atoms with Crippen LogP contribution < -0.4 is 5.32 Å². The average molecular weight is 346 g/mol. The third-order valence-electron chi connectivity index (χ3n) is 2.08. The second-order valence-electron chi connectivity index (χ2n) is 3.15. The fraction of sp³-hybridized carbons (Fsp3) is 0.0909. The Morgan fingerprint density at radius 1 is 1.25 bits per heavy atom. The highest BCUT2D eigenvalue weighted by Gasteiger charge is 2.05. The van der Waals surface area contributed by atoms with E-state index in [1.807, 2.05) is 31.3 Å². The van der Waals surface area contributed by atoms with Gasteiger partial charge >= 0.3 is 0 Å². The van der Waals surface area contributed by atoms with Gasteiger partial charge in [0.15, 0.2) is 5.82 Å². The zero-order valence-corrected chi connectivity index (χ0v) is 11.5. The maximum Gasteiger partial charge on any atom is 0.161 e. The van der Waals surface area contributed by atoms with Gasteiger partial charge in [0.1, 0.15) is 5.82 Å². The first kappa shape index (κ1) is 11.6. The van der Waals surface area contributed by atoms with E-state index in [0.29, 0.717) is 10.8 Å². The van der Waals surface area contributed by atoms with Crippen molar-refractivity contribution in [2.24, 2.45) is 0 Å². The van der Waals surface area contributed by atoms with Gasteiger partial charge < -0.3 is 5.32 Å². The lowest BCUT2D eigenvalue weighted by Gasteiger charge is -2.05. The molecule has 1 aromatic heterocycles. The van der Waals surface area contributed by atoms with E-state index in [1.165, 1.54) is 0 Å². The van der Waals surface area contributed by atoms with Crippen LogP contribution in [0.25, 0.3) is 11.4 Å². The number of halogens is 2. The zero-order chi connectivity index (χ0) is 11.5. The summed E-state index contributed by atoms with van der Waals surface area (Å²) in [7, 11) is 1.84. The van der Waals surface area contributed by atoms with Gasteiger partial charge in [-0.15, -0.1) is 0 Å². The van der Waals surface area contributed by atoms with Crippen LogP contribution in [0.2, 0.25) is 5.02 Å². The van der Waals surface area contributed by atoms with Crippen LogP contribution >= 0.6 is 34.2 Å². The second-order valence-corrected chi connectivity index (χ2v) is 4.75. The van der Waals surface area contributed by atoms with Gasteiger partial charge in [0, 0.05) is 23.8 Å². The Morgan fingerprint density at radius 2 is 1.94 bits per heavy atom. The summed E-state index contributed by atoms with van der Waals surface area (Å²) in [6.45, 7) is 0. The fourth-order valence-corrected chi connectivity index (χ4v) is 1.94. The van der Waals surface area contributed by atoms with Gasteiger partial charge in [-0.25, -0.2) is 9.97 Å². The van der Waals surface area contributed by atoms with Gasteiger partial charge in [-0.3, -0.25) is 0 Å². The highest BCUT2D eigenvalue weighted by Crippen LogP contribution is 2.21. The van der Waals surface area contributed by atoms with E-state index in [1.54, 1.807) is 6.20 Å². The Hall–Kier alpha value is -0.880. The molecule has 5 heteroatoms. The molecule has 0 aliphatic rings. The Labute approximate surface area is 112 Å². The van der Waals surface area contributed by atoms with Gasteiger partial charge in [0.25, 0.3) is 0 Å². The molecule has 0 spiro atoms. The third kappa shape index (κ3) is 2.44. The average Bonchev–Trinajstić information content (AvgIpc) is 2.31. The molecule has 0 amide bonds. The monoisotopic (exact) mass is 345 g/mol. The summed E-state index contributed by atoms with van der Waals surface area (Å²) >= 11 is 8.02. The molecule has 1 heterocycles. The summed E-state index contributed by atoms with van der Waals surface area (Å²) in [6.07, 6.45) is 1.79. The van der Waals surface area contributed by atoms with Gasteiger partial charge in [-0.05, 0) is 46.9 Å². The number of benzene rings is 1. The van der Waals surface area contributed by atoms with E-state index >= 15 is 0 Å². The minimum absolute atomic E-state index is 0.696. The normalized spacial score (nSPS) is 10.2. The molecule has 0 atom stereocenters. The van der Waals surface area contributed by atoms with Crippen molar-refractivity contribution in [3.05, 3.63) is 39.1 Å². The number of anilines is 1. The standard InChI is InChI=1S/C11H9ClIN3/c1-14-11-9(13)6-15-10(16-11)7-2-4-8(12)5-3-7/h2-6H,1H3,(H,14,15,16). The summed E-state index contributed by atoms with van der Waals surface area (Å²) in [4.78, 5) is 8.70. The van der Waals surface area contributed by atoms with Gasteiger partial charge in [0.2, 0.25) is 0 Å². The molecule has 0 aliphatic heterocycles. The molecule has 1 aromatic carbocycles. The summed E-state index contributed by atoms with van der Waals surface area (Å²) in [5, 5.41) is 3.74. The van der Waals surface area contributed by atoms with E-state index < -0.39 is 0 Å². The predicted molar refractivity (Wildman–Crippen MR) is 74.7 cm³/mol. The van der Waals surface area contributed by atoms with Crippen LogP contribution in [-0.4, -0.2) is 17.0 Å². The van der Waals surface area contributed by atoms with Crippen LogP contribution in [0.3, 0.4) is 0 Å². The topological polar surface area (TPSA) is 37.8 Å². The first-order chi connectivity index (χ1) is 7.70. The molecule has 16 heavy (non-hydrogen) atoms. The van der Waals surface area contributed by atoms with Crippen LogP contribution in [0.15, 0.2) is 30.5 Å². The minimum atomic E-state index is 0.696. The molecule has 0 saturated heterocycles. The maximum atomic E-state index is 5.83. The first-order valence-corrected chi connectivity index (χ1v) is 6.12. The molecule has 82 valence electrons. The highest BCUT2D eigenvalue weighted by molar-refractivity contribution is 14.1. The van der Waals surface area contributed by atoms with Crippen LogP contribution in [0, 0.1) is 3.57 Å². The Bertz CT molecular complexity index is 499. The van der Waals surface area contributed by atoms with Gasteiger partial charge in [-0.2, -0.15) is 0 Å². The highest BCUT2D eigenvalue weighted by atomic mass is 127. The molecule has 0 bridgehead atoms. The van der Waals surface area contributed by atoms with Crippen molar-refractivity contribution in [1.82, 2.24) is 9.97 Å². The van der Waals surface area contributed by atoms with E-state index in [-0.39, 0.29) is 0 Å². The third-order valence-corrected chi connectivity index (χ3v) is 3.12. The lowest BCUT2D eigenvalue weighted by molar-refractivity contribution is 1.15. The van der Waals surface area contributed by atoms with Gasteiger partial charge in [-0.1, -0.05) is 11.6 Å². The van der Waals surface area contributed by atoms with Crippen LogP contribution in [0.1, 0.15) is 0 Å². The number of nitrogens with zero attached hydrogens (tertiary/aromatic N) is 2.